The van der Waals surface area contributed by atoms with Crippen LogP contribution < -0.4 is 5.32 Å². The van der Waals surface area contributed by atoms with Gasteiger partial charge in [0.1, 0.15) is 0 Å². The van der Waals surface area contributed by atoms with E-state index in [4.69, 9.17) is 23.2 Å². The number of halogens is 2. The molecule has 0 heterocycles. The van der Waals surface area contributed by atoms with Crippen LogP contribution in [0.4, 0.5) is 0 Å². The topological polar surface area (TPSA) is 12.0 Å². The molecule has 2 atom stereocenters. The quantitative estimate of drug-likeness (QED) is 0.669. The van der Waals surface area contributed by atoms with Gasteiger partial charge in [0.25, 0.3) is 0 Å². The van der Waals surface area contributed by atoms with Crippen molar-refractivity contribution in [3.05, 3.63) is 69.7 Å². The highest BCUT2D eigenvalue weighted by molar-refractivity contribution is 6.30. The van der Waals surface area contributed by atoms with Crippen LogP contribution in [0.15, 0.2) is 48.5 Å². The Morgan fingerprint density at radius 3 is 1.57 bits per heavy atom. The summed E-state index contributed by atoms with van der Waals surface area (Å²) in [6, 6.07) is 16.7. The van der Waals surface area contributed by atoms with Crippen LogP contribution in [0.2, 0.25) is 10.0 Å². The van der Waals surface area contributed by atoms with E-state index in [1.54, 1.807) is 0 Å². The van der Waals surface area contributed by atoms with Crippen molar-refractivity contribution >= 4 is 23.2 Å². The Kier molecular flexibility index (Phi) is 6.10. The van der Waals surface area contributed by atoms with Crippen molar-refractivity contribution in [3.63, 3.8) is 0 Å². The maximum Gasteiger partial charge on any atom is 0.0409 e. The fourth-order valence-corrected chi connectivity index (χ4v) is 2.99. The minimum atomic E-state index is 0.285. The van der Waals surface area contributed by atoms with Crippen LogP contribution in [-0.2, 0) is 0 Å². The number of hydrogen-bond donors (Lipinski definition) is 1. The molecule has 2 aromatic rings. The van der Waals surface area contributed by atoms with Crippen LogP contribution in [0.5, 0.6) is 0 Å². The first-order chi connectivity index (χ1) is 10.1. The molecular formula is C18H21Cl2N. The Labute approximate surface area is 137 Å². The minimum Gasteiger partial charge on any atom is -0.303 e. The van der Waals surface area contributed by atoms with Gasteiger partial charge in [0.15, 0.2) is 0 Å². The highest BCUT2D eigenvalue weighted by Gasteiger charge is 2.16. The van der Waals surface area contributed by atoms with Gasteiger partial charge in [-0.05, 0) is 48.2 Å². The monoisotopic (exact) mass is 321 g/mol. The van der Waals surface area contributed by atoms with Crippen molar-refractivity contribution in [2.75, 3.05) is 0 Å². The molecule has 0 saturated heterocycles. The highest BCUT2D eigenvalue weighted by atomic mass is 35.5. The summed E-state index contributed by atoms with van der Waals surface area (Å²) in [5.41, 5.74) is 2.45. The van der Waals surface area contributed by atoms with Crippen molar-refractivity contribution in [3.8, 4) is 0 Å². The van der Waals surface area contributed by atoms with Gasteiger partial charge in [-0.15, -0.1) is 0 Å². The van der Waals surface area contributed by atoms with Crippen molar-refractivity contribution in [1.29, 1.82) is 0 Å². The molecule has 21 heavy (non-hydrogen) atoms. The lowest BCUT2D eigenvalue weighted by atomic mass is 9.99. The van der Waals surface area contributed by atoms with E-state index in [0.717, 1.165) is 22.9 Å². The second-order valence-corrected chi connectivity index (χ2v) is 6.07. The third-order valence-corrected chi connectivity index (χ3v) is 4.19. The minimum absolute atomic E-state index is 0.285. The molecule has 112 valence electrons. The highest BCUT2D eigenvalue weighted by Crippen LogP contribution is 2.27. The van der Waals surface area contributed by atoms with Gasteiger partial charge in [0.05, 0.1) is 0 Å². The van der Waals surface area contributed by atoms with E-state index in [2.05, 4.69) is 31.3 Å². The van der Waals surface area contributed by atoms with Crippen LogP contribution in [0.25, 0.3) is 0 Å². The molecular weight excluding hydrogens is 301 g/mol. The van der Waals surface area contributed by atoms with E-state index in [-0.39, 0.29) is 12.1 Å². The van der Waals surface area contributed by atoms with Gasteiger partial charge in [0.2, 0.25) is 0 Å². The average Bonchev–Trinajstić information content (AvgIpc) is 2.48. The van der Waals surface area contributed by atoms with E-state index in [1.807, 2.05) is 36.4 Å². The standard InChI is InChI=1S/C18H21Cl2N/c1-3-17(13-7-5-9-15(19)11-13)21-18(4-2)14-8-6-10-16(20)12-14/h5-12,17-18,21H,3-4H2,1-2H3. The largest absolute Gasteiger partial charge is 0.303 e. The lowest BCUT2D eigenvalue weighted by Crippen LogP contribution is -2.25. The number of hydrogen-bond acceptors (Lipinski definition) is 1. The van der Waals surface area contributed by atoms with Crippen LogP contribution in [0, 0.1) is 0 Å². The molecule has 0 spiro atoms. The Hall–Kier alpha value is -1.02. The second kappa shape index (κ2) is 7.84. The van der Waals surface area contributed by atoms with Gasteiger partial charge in [-0.2, -0.15) is 0 Å². The van der Waals surface area contributed by atoms with Crippen molar-refractivity contribution < 1.29 is 0 Å². The Balaban J connectivity index is 2.19. The summed E-state index contributed by atoms with van der Waals surface area (Å²) in [6.45, 7) is 4.37. The number of rotatable bonds is 6. The zero-order valence-corrected chi connectivity index (χ0v) is 14.0. The summed E-state index contributed by atoms with van der Waals surface area (Å²) in [5.74, 6) is 0. The SMILES string of the molecule is CCC(NC(CC)c1cccc(Cl)c1)c1cccc(Cl)c1. The maximum absolute atomic E-state index is 6.11. The third kappa shape index (κ3) is 4.47. The van der Waals surface area contributed by atoms with E-state index in [9.17, 15) is 0 Å². The van der Waals surface area contributed by atoms with Crippen LogP contribution in [0.3, 0.4) is 0 Å². The van der Waals surface area contributed by atoms with Crippen LogP contribution in [-0.4, -0.2) is 0 Å². The van der Waals surface area contributed by atoms with Gasteiger partial charge in [-0.1, -0.05) is 61.3 Å². The zero-order chi connectivity index (χ0) is 15.2. The Bertz CT molecular complexity index is 531. The molecule has 0 aliphatic rings. The van der Waals surface area contributed by atoms with Gasteiger partial charge in [-0.3, -0.25) is 0 Å². The van der Waals surface area contributed by atoms with Crippen molar-refractivity contribution in [2.24, 2.45) is 0 Å². The molecule has 0 aliphatic heterocycles. The lowest BCUT2D eigenvalue weighted by molar-refractivity contribution is 0.426. The van der Waals surface area contributed by atoms with Gasteiger partial charge < -0.3 is 5.32 Å². The fraction of sp³-hybridized carbons (Fsp3) is 0.333. The first-order valence-corrected chi connectivity index (χ1v) is 8.16. The summed E-state index contributed by atoms with van der Waals surface area (Å²) in [6.07, 6.45) is 2.02. The fourth-order valence-electron chi connectivity index (χ4n) is 2.59. The third-order valence-electron chi connectivity index (χ3n) is 3.72. The molecule has 2 unspecified atom stereocenters. The molecule has 2 aromatic carbocycles. The number of benzene rings is 2. The smallest absolute Gasteiger partial charge is 0.0409 e. The molecule has 0 aromatic heterocycles. The molecule has 0 saturated carbocycles. The van der Waals surface area contributed by atoms with Gasteiger partial charge >= 0.3 is 0 Å². The molecule has 0 bridgehead atoms. The molecule has 0 radical (unpaired) electrons. The summed E-state index contributed by atoms with van der Waals surface area (Å²) >= 11 is 12.2. The van der Waals surface area contributed by atoms with E-state index < -0.39 is 0 Å². The molecule has 0 amide bonds. The molecule has 3 heteroatoms. The molecule has 0 fully saturated rings. The predicted molar refractivity (Wildman–Crippen MR) is 92.1 cm³/mol. The summed E-state index contributed by atoms with van der Waals surface area (Å²) in [4.78, 5) is 0. The van der Waals surface area contributed by atoms with Crippen molar-refractivity contribution in [1.82, 2.24) is 5.32 Å². The number of nitrogens with one attached hydrogen (secondary N) is 1. The normalized spacial score (nSPS) is 13.9. The van der Waals surface area contributed by atoms with Gasteiger partial charge in [0, 0.05) is 22.1 Å². The summed E-state index contributed by atoms with van der Waals surface area (Å²) < 4.78 is 0. The van der Waals surface area contributed by atoms with E-state index in [0.29, 0.717) is 0 Å². The summed E-state index contributed by atoms with van der Waals surface area (Å²) in [7, 11) is 0. The molecule has 2 rings (SSSR count). The molecule has 1 N–H and O–H groups in total. The van der Waals surface area contributed by atoms with Crippen LogP contribution >= 0.6 is 23.2 Å². The predicted octanol–water partition coefficient (Wildman–Crippen LogP) is 6.19. The van der Waals surface area contributed by atoms with Gasteiger partial charge in [-0.25, -0.2) is 0 Å². The molecule has 0 aliphatic carbocycles. The first-order valence-electron chi connectivity index (χ1n) is 7.41. The second-order valence-electron chi connectivity index (χ2n) is 5.20. The zero-order valence-electron chi connectivity index (χ0n) is 12.4. The molecule has 1 nitrogen and oxygen atoms in total. The lowest BCUT2D eigenvalue weighted by Gasteiger charge is -2.25. The average molecular weight is 322 g/mol. The van der Waals surface area contributed by atoms with E-state index in [1.165, 1.54) is 11.1 Å². The van der Waals surface area contributed by atoms with E-state index >= 15 is 0 Å². The van der Waals surface area contributed by atoms with Crippen molar-refractivity contribution in [2.45, 2.75) is 38.8 Å². The maximum atomic E-state index is 6.11. The Morgan fingerprint density at radius 2 is 1.24 bits per heavy atom. The Morgan fingerprint density at radius 1 is 0.810 bits per heavy atom. The summed E-state index contributed by atoms with van der Waals surface area (Å²) in [5, 5.41) is 5.29. The first kappa shape index (κ1) is 16.4. The van der Waals surface area contributed by atoms with Crippen LogP contribution in [0.1, 0.15) is 49.9 Å².